The minimum absolute atomic E-state index is 0.286. The van der Waals surface area contributed by atoms with E-state index in [-0.39, 0.29) is 6.79 Å². The summed E-state index contributed by atoms with van der Waals surface area (Å²) >= 11 is 5.35. The number of benzene rings is 2. The van der Waals surface area contributed by atoms with Crippen molar-refractivity contribution in [2.75, 3.05) is 20.4 Å². The van der Waals surface area contributed by atoms with Gasteiger partial charge in [0, 0.05) is 13.1 Å². The highest BCUT2D eigenvalue weighted by Crippen LogP contribution is 2.32. The average Bonchev–Trinajstić information content (AvgIpc) is 3.08. The minimum Gasteiger partial charge on any atom is -0.496 e. The van der Waals surface area contributed by atoms with Crippen LogP contribution in [0.3, 0.4) is 0 Å². The Hall–Kier alpha value is -2.47. The number of thiocarbonyl (C=S) groups is 1. The Kier molecular flexibility index (Phi) is 5.60. The van der Waals surface area contributed by atoms with E-state index in [4.69, 9.17) is 26.4 Å². The number of aryl methyl sites for hydroxylation is 1. The highest BCUT2D eigenvalue weighted by Gasteiger charge is 2.13. The fourth-order valence-electron chi connectivity index (χ4n) is 2.71. The van der Waals surface area contributed by atoms with Crippen LogP contribution >= 0.6 is 12.2 Å². The fourth-order valence-corrected chi connectivity index (χ4v) is 2.88. The topological polar surface area (TPSA) is 51.8 Å². The molecule has 0 aromatic heterocycles. The second-order valence-corrected chi connectivity index (χ2v) is 6.27. The first-order valence-electron chi connectivity index (χ1n) is 8.19. The lowest BCUT2D eigenvalue weighted by Gasteiger charge is -2.13. The summed E-state index contributed by atoms with van der Waals surface area (Å²) in [5.41, 5.74) is 3.49. The van der Waals surface area contributed by atoms with Gasteiger partial charge in [0.25, 0.3) is 0 Å². The van der Waals surface area contributed by atoms with E-state index in [1.807, 2.05) is 30.3 Å². The van der Waals surface area contributed by atoms with E-state index in [1.165, 1.54) is 11.1 Å². The SMILES string of the molecule is COc1ccc(C)cc1CCNC(=S)NCc1ccc2c(c1)OCO2. The van der Waals surface area contributed by atoms with Gasteiger partial charge in [0.1, 0.15) is 5.75 Å². The smallest absolute Gasteiger partial charge is 0.231 e. The third-order valence-electron chi connectivity index (χ3n) is 4.01. The summed E-state index contributed by atoms with van der Waals surface area (Å²) in [5, 5.41) is 7.07. The summed E-state index contributed by atoms with van der Waals surface area (Å²) in [5.74, 6) is 2.48. The molecule has 6 heteroatoms. The Morgan fingerprint density at radius 2 is 1.96 bits per heavy atom. The van der Waals surface area contributed by atoms with Crippen molar-refractivity contribution in [2.45, 2.75) is 19.9 Å². The van der Waals surface area contributed by atoms with Crippen LogP contribution in [0.2, 0.25) is 0 Å². The van der Waals surface area contributed by atoms with Gasteiger partial charge < -0.3 is 24.8 Å². The van der Waals surface area contributed by atoms with Gasteiger partial charge in [-0.05, 0) is 54.9 Å². The lowest BCUT2D eigenvalue weighted by molar-refractivity contribution is 0.174. The van der Waals surface area contributed by atoms with Crippen LogP contribution in [0.1, 0.15) is 16.7 Å². The van der Waals surface area contributed by atoms with Crippen molar-refractivity contribution in [1.82, 2.24) is 10.6 Å². The predicted octanol–water partition coefficient (Wildman–Crippen LogP) is 2.94. The second kappa shape index (κ2) is 8.07. The Bertz CT molecular complexity index is 764. The number of fused-ring (bicyclic) bond motifs is 1. The van der Waals surface area contributed by atoms with Crippen molar-refractivity contribution in [3.63, 3.8) is 0 Å². The molecular weight excluding hydrogens is 336 g/mol. The van der Waals surface area contributed by atoms with Crippen LogP contribution in [-0.2, 0) is 13.0 Å². The third kappa shape index (κ3) is 4.54. The first kappa shape index (κ1) is 17.4. The highest BCUT2D eigenvalue weighted by atomic mass is 32.1. The van der Waals surface area contributed by atoms with Crippen molar-refractivity contribution in [3.8, 4) is 17.2 Å². The van der Waals surface area contributed by atoms with Crippen LogP contribution in [0.15, 0.2) is 36.4 Å². The van der Waals surface area contributed by atoms with Gasteiger partial charge >= 0.3 is 0 Å². The van der Waals surface area contributed by atoms with Gasteiger partial charge in [-0.2, -0.15) is 0 Å². The monoisotopic (exact) mass is 358 g/mol. The molecule has 0 saturated carbocycles. The van der Waals surface area contributed by atoms with E-state index in [0.29, 0.717) is 11.7 Å². The molecule has 0 amide bonds. The van der Waals surface area contributed by atoms with Gasteiger partial charge in [-0.25, -0.2) is 0 Å². The standard InChI is InChI=1S/C19H22N2O3S/c1-13-3-5-16(22-2)15(9-13)7-8-20-19(25)21-11-14-4-6-17-18(10-14)24-12-23-17/h3-6,9-10H,7-8,11-12H2,1-2H3,(H2,20,21,25). The van der Waals surface area contributed by atoms with Crippen LogP contribution in [0, 0.1) is 6.92 Å². The Morgan fingerprint density at radius 1 is 1.12 bits per heavy atom. The molecule has 2 aromatic rings. The second-order valence-electron chi connectivity index (χ2n) is 5.86. The maximum absolute atomic E-state index is 5.40. The fraction of sp³-hybridized carbons (Fsp3) is 0.316. The molecule has 3 rings (SSSR count). The summed E-state index contributed by atoms with van der Waals surface area (Å²) in [4.78, 5) is 0. The van der Waals surface area contributed by atoms with E-state index < -0.39 is 0 Å². The van der Waals surface area contributed by atoms with E-state index in [9.17, 15) is 0 Å². The van der Waals surface area contributed by atoms with Crippen LogP contribution in [0.25, 0.3) is 0 Å². The number of rotatable bonds is 6. The molecule has 0 saturated heterocycles. The largest absolute Gasteiger partial charge is 0.496 e. The zero-order valence-corrected chi connectivity index (χ0v) is 15.2. The van der Waals surface area contributed by atoms with E-state index >= 15 is 0 Å². The molecule has 2 N–H and O–H groups in total. The summed E-state index contributed by atoms with van der Waals surface area (Å²) in [7, 11) is 1.69. The van der Waals surface area contributed by atoms with Crippen LogP contribution < -0.4 is 24.8 Å². The zero-order chi connectivity index (χ0) is 17.6. The molecule has 0 spiro atoms. The molecule has 0 unspecified atom stereocenters. The summed E-state index contributed by atoms with van der Waals surface area (Å²) < 4.78 is 16.1. The predicted molar refractivity (Wildman–Crippen MR) is 101 cm³/mol. The van der Waals surface area contributed by atoms with Gasteiger partial charge in [0.05, 0.1) is 7.11 Å². The van der Waals surface area contributed by atoms with Crippen molar-refractivity contribution in [3.05, 3.63) is 53.1 Å². The number of methoxy groups -OCH3 is 1. The van der Waals surface area contributed by atoms with Gasteiger partial charge in [-0.1, -0.05) is 23.8 Å². The molecular formula is C19H22N2O3S. The summed E-state index contributed by atoms with van der Waals surface area (Å²) in [6.45, 7) is 3.74. The number of hydrogen-bond acceptors (Lipinski definition) is 4. The van der Waals surface area contributed by atoms with Crippen molar-refractivity contribution in [2.24, 2.45) is 0 Å². The molecule has 132 valence electrons. The Morgan fingerprint density at radius 3 is 2.80 bits per heavy atom. The molecule has 1 aliphatic rings. The first-order valence-corrected chi connectivity index (χ1v) is 8.60. The van der Waals surface area contributed by atoms with Gasteiger partial charge in [0.15, 0.2) is 16.6 Å². The van der Waals surface area contributed by atoms with Crippen LogP contribution in [0.5, 0.6) is 17.2 Å². The average molecular weight is 358 g/mol. The van der Waals surface area contributed by atoms with Gasteiger partial charge in [-0.3, -0.25) is 0 Å². The number of hydrogen-bond donors (Lipinski definition) is 2. The van der Waals surface area contributed by atoms with Crippen molar-refractivity contribution in [1.29, 1.82) is 0 Å². The third-order valence-corrected chi connectivity index (χ3v) is 4.29. The lowest BCUT2D eigenvalue weighted by Crippen LogP contribution is -2.35. The normalized spacial score (nSPS) is 11.9. The Labute approximate surface area is 153 Å². The van der Waals surface area contributed by atoms with E-state index in [0.717, 1.165) is 35.8 Å². The molecule has 0 radical (unpaired) electrons. The van der Waals surface area contributed by atoms with E-state index in [1.54, 1.807) is 7.11 Å². The molecule has 0 aliphatic carbocycles. The maximum Gasteiger partial charge on any atom is 0.231 e. The van der Waals surface area contributed by atoms with Gasteiger partial charge in [-0.15, -0.1) is 0 Å². The molecule has 1 aliphatic heterocycles. The van der Waals surface area contributed by atoms with Crippen molar-refractivity contribution < 1.29 is 14.2 Å². The lowest BCUT2D eigenvalue weighted by atomic mass is 10.1. The summed E-state index contributed by atoms with van der Waals surface area (Å²) in [6.07, 6.45) is 0.844. The van der Waals surface area contributed by atoms with Crippen LogP contribution in [0.4, 0.5) is 0 Å². The number of ether oxygens (including phenoxy) is 3. The maximum atomic E-state index is 5.40. The first-order chi connectivity index (χ1) is 12.2. The van der Waals surface area contributed by atoms with Gasteiger partial charge in [0.2, 0.25) is 6.79 Å². The molecule has 25 heavy (non-hydrogen) atoms. The Balaban J connectivity index is 1.45. The highest BCUT2D eigenvalue weighted by molar-refractivity contribution is 7.80. The van der Waals surface area contributed by atoms with Crippen molar-refractivity contribution >= 4 is 17.3 Å². The molecule has 0 fully saturated rings. The van der Waals surface area contributed by atoms with E-state index in [2.05, 4.69) is 23.6 Å². The zero-order valence-electron chi connectivity index (χ0n) is 14.4. The molecule has 0 atom stereocenters. The quantitative estimate of drug-likeness (QED) is 0.775. The van der Waals surface area contributed by atoms with Crippen LogP contribution in [-0.4, -0.2) is 25.6 Å². The molecule has 5 nitrogen and oxygen atoms in total. The number of nitrogens with one attached hydrogen (secondary N) is 2. The molecule has 1 heterocycles. The minimum atomic E-state index is 0.286. The molecule has 2 aromatic carbocycles. The summed E-state index contributed by atoms with van der Waals surface area (Å²) in [6, 6.07) is 12.1. The molecule has 0 bridgehead atoms.